The maximum Gasteiger partial charge on any atom is 0.351 e. The molecule has 4 atom stereocenters. The van der Waals surface area contributed by atoms with Gasteiger partial charge in [0.25, 0.3) is 0 Å². The molecule has 0 spiro atoms. The van der Waals surface area contributed by atoms with Crippen molar-refractivity contribution in [2.24, 2.45) is 0 Å². The third-order valence-corrected chi connectivity index (χ3v) is 7.28. The number of carbonyl (C=O) groups excluding carboxylic acids is 2. The largest absolute Gasteiger partial charge is 0.462 e. The second-order valence-corrected chi connectivity index (χ2v) is 10.0. The van der Waals surface area contributed by atoms with Crippen molar-refractivity contribution >= 4 is 47.1 Å². The number of hydrogen-bond acceptors (Lipinski definition) is 14. The van der Waals surface area contributed by atoms with Crippen LogP contribution >= 0.6 is 23.5 Å². The Hall–Kier alpha value is -3.08. The van der Waals surface area contributed by atoms with Crippen LogP contribution in [0.1, 0.15) is 25.3 Å². The van der Waals surface area contributed by atoms with Gasteiger partial charge >= 0.3 is 23.3 Å². The van der Waals surface area contributed by atoms with E-state index >= 15 is 0 Å². The van der Waals surface area contributed by atoms with Crippen LogP contribution in [-0.2, 0) is 28.5 Å². The third-order valence-electron chi connectivity index (χ3n) is 5.08. The number of nitrogens with zero attached hydrogens (tertiary/aromatic N) is 4. The van der Waals surface area contributed by atoms with Crippen molar-refractivity contribution in [2.75, 3.05) is 36.2 Å². The van der Waals surface area contributed by atoms with Gasteiger partial charge in [-0.25, -0.2) is 9.59 Å². The molecule has 14 nitrogen and oxygen atoms in total. The Bertz CT molecular complexity index is 1130. The quantitative estimate of drug-likeness (QED) is 0.394. The van der Waals surface area contributed by atoms with Gasteiger partial charge in [-0.3, -0.25) is 18.7 Å². The summed E-state index contributed by atoms with van der Waals surface area (Å²) < 4.78 is 24.4. The fraction of sp³-hybridized carbons (Fsp3) is 0.500. The van der Waals surface area contributed by atoms with E-state index < -0.39 is 46.6 Å². The molecule has 2 aliphatic heterocycles. The van der Waals surface area contributed by atoms with Crippen LogP contribution in [0.5, 0.6) is 0 Å². The SMILES string of the molecule is Nc1ccn([C@@H]2CS[C@H](COC(=O)CCC(=O)OC[C@@H]3O[C@H](n4ccc(N)nc4=O)CS3)O2)c(=O)n1. The van der Waals surface area contributed by atoms with Crippen LogP contribution in [0.3, 0.4) is 0 Å². The first-order chi connectivity index (χ1) is 17.3. The second-order valence-electron chi connectivity index (χ2n) is 7.66. The zero-order chi connectivity index (χ0) is 25.7. The molecule has 0 saturated carbocycles. The molecule has 2 saturated heterocycles. The lowest BCUT2D eigenvalue weighted by Crippen LogP contribution is -2.29. The molecule has 0 aromatic carbocycles. The maximum atomic E-state index is 12.0. The van der Waals surface area contributed by atoms with E-state index in [4.69, 9.17) is 30.4 Å². The Balaban J connectivity index is 1.11. The van der Waals surface area contributed by atoms with Crippen LogP contribution in [0.2, 0.25) is 0 Å². The number of rotatable bonds is 9. The first kappa shape index (κ1) is 26.0. The number of thioether (sulfide) groups is 2. The molecule has 0 radical (unpaired) electrons. The number of hydrogen-bond donors (Lipinski definition) is 2. The summed E-state index contributed by atoms with van der Waals surface area (Å²) in [6.07, 6.45) is 1.60. The minimum Gasteiger partial charge on any atom is -0.462 e. The van der Waals surface area contributed by atoms with E-state index in [2.05, 4.69) is 9.97 Å². The van der Waals surface area contributed by atoms with E-state index in [0.29, 0.717) is 11.5 Å². The van der Waals surface area contributed by atoms with Crippen molar-refractivity contribution < 1.29 is 28.5 Å². The molecule has 0 unspecified atom stereocenters. The smallest absolute Gasteiger partial charge is 0.351 e. The minimum atomic E-state index is -0.576. The van der Waals surface area contributed by atoms with Gasteiger partial charge in [-0.2, -0.15) is 9.97 Å². The predicted octanol–water partition coefficient (Wildman–Crippen LogP) is -0.293. The molecule has 36 heavy (non-hydrogen) atoms. The summed E-state index contributed by atoms with van der Waals surface area (Å²) in [6, 6.07) is 2.99. The molecule has 0 aliphatic carbocycles. The van der Waals surface area contributed by atoms with Crippen LogP contribution < -0.4 is 22.8 Å². The highest BCUT2D eigenvalue weighted by Gasteiger charge is 2.30. The summed E-state index contributed by atoms with van der Waals surface area (Å²) in [5, 5.41) is 0. The van der Waals surface area contributed by atoms with Gasteiger partial charge in [-0.1, -0.05) is 0 Å². The zero-order valence-corrected chi connectivity index (χ0v) is 20.5. The minimum absolute atomic E-state index is 0.0283. The summed E-state index contributed by atoms with van der Waals surface area (Å²) in [7, 11) is 0. The van der Waals surface area contributed by atoms with E-state index in [1.165, 1.54) is 57.2 Å². The molecule has 4 rings (SSSR count). The highest BCUT2D eigenvalue weighted by Crippen LogP contribution is 2.32. The predicted molar refractivity (Wildman–Crippen MR) is 130 cm³/mol. The molecule has 4 N–H and O–H groups in total. The van der Waals surface area contributed by atoms with Crippen molar-refractivity contribution in [3.8, 4) is 0 Å². The van der Waals surface area contributed by atoms with Crippen molar-refractivity contribution in [2.45, 2.75) is 36.2 Å². The van der Waals surface area contributed by atoms with Gasteiger partial charge < -0.3 is 30.4 Å². The first-order valence-electron chi connectivity index (χ1n) is 10.8. The lowest BCUT2D eigenvalue weighted by molar-refractivity contribution is -0.153. The van der Waals surface area contributed by atoms with E-state index in [1.54, 1.807) is 0 Å². The Morgan fingerprint density at radius 1 is 0.861 bits per heavy atom. The van der Waals surface area contributed by atoms with Crippen LogP contribution in [0.25, 0.3) is 0 Å². The third kappa shape index (κ3) is 6.77. The number of nitrogen functional groups attached to an aromatic ring is 2. The van der Waals surface area contributed by atoms with Crippen LogP contribution in [0.4, 0.5) is 11.6 Å². The van der Waals surface area contributed by atoms with Crippen molar-refractivity contribution in [3.05, 3.63) is 45.5 Å². The molecule has 0 bridgehead atoms. The van der Waals surface area contributed by atoms with Crippen molar-refractivity contribution in [1.29, 1.82) is 0 Å². The zero-order valence-electron chi connectivity index (χ0n) is 18.9. The molecule has 2 aliphatic rings. The summed E-state index contributed by atoms with van der Waals surface area (Å²) in [6.45, 7) is -0.0565. The molecule has 2 aromatic heterocycles. The second kappa shape index (κ2) is 11.8. The van der Waals surface area contributed by atoms with Gasteiger partial charge in [0.05, 0.1) is 12.8 Å². The van der Waals surface area contributed by atoms with E-state index in [-0.39, 0.29) is 37.7 Å². The Morgan fingerprint density at radius 2 is 1.28 bits per heavy atom. The van der Waals surface area contributed by atoms with E-state index in [9.17, 15) is 19.2 Å². The molecule has 4 heterocycles. The average Bonchev–Trinajstić information content (AvgIpc) is 3.50. The van der Waals surface area contributed by atoms with Crippen molar-refractivity contribution in [3.63, 3.8) is 0 Å². The summed E-state index contributed by atoms with van der Waals surface area (Å²) >= 11 is 2.78. The Labute approximate surface area is 212 Å². The van der Waals surface area contributed by atoms with Gasteiger partial charge in [0.15, 0.2) is 0 Å². The fourth-order valence-corrected chi connectivity index (χ4v) is 5.29. The molecular formula is C20H24N6O8S2. The molecular weight excluding hydrogens is 516 g/mol. The van der Waals surface area contributed by atoms with Crippen LogP contribution in [0, 0.1) is 0 Å². The Morgan fingerprint density at radius 3 is 1.67 bits per heavy atom. The highest BCUT2D eigenvalue weighted by molar-refractivity contribution is 8.00. The summed E-state index contributed by atoms with van der Waals surface area (Å²) in [5.74, 6) is 0.0480. The molecule has 194 valence electrons. The molecule has 2 aromatic rings. The number of esters is 2. The molecule has 0 amide bonds. The monoisotopic (exact) mass is 540 g/mol. The highest BCUT2D eigenvalue weighted by atomic mass is 32.2. The van der Waals surface area contributed by atoms with E-state index in [0.717, 1.165) is 0 Å². The number of nitrogens with two attached hydrogens (primary N) is 2. The number of anilines is 2. The van der Waals surface area contributed by atoms with Crippen LogP contribution in [-0.4, -0.2) is 66.6 Å². The fourth-order valence-electron chi connectivity index (χ4n) is 3.31. The lowest BCUT2D eigenvalue weighted by Gasteiger charge is -2.15. The molecule has 16 heteroatoms. The topological polar surface area (TPSA) is 193 Å². The van der Waals surface area contributed by atoms with Gasteiger partial charge in [0, 0.05) is 23.9 Å². The van der Waals surface area contributed by atoms with E-state index in [1.807, 2.05) is 0 Å². The van der Waals surface area contributed by atoms with Gasteiger partial charge in [-0.15, -0.1) is 23.5 Å². The van der Waals surface area contributed by atoms with Gasteiger partial charge in [0.1, 0.15) is 48.2 Å². The maximum absolute atomic E-state index is 12.0. The standard InChI is InChI=1S/C20H24N6O8S2/c21-11-3-5-25(19(29)23-11)13-9-35-17(33-13)7-31-15(27)1-2-16(28)32-8-18-34-14(10-36-18)26-6-4-12(22)24-20(26)30/h3-6,13-14,17-18H,1-2,7-10H2,(H2,21,23,29)(H2,22,24,30)/t13-,14-,17+,18+/m0/s1. The van der Waals surface area contributed by atoms with Gasteiger partial charge in [0.2, 0.25) is 0 Å². The van der Waals surface area contributed by atoms with Crippen molar-refractivity contribution in [1.82, 2.24) is 19.1 Å². The Kier molecular flexibility index (Phi) is 8.50. The number of aromatic nitrogens is 4. The van der Waals surface area contributed by atoms with Gasteiger partial charge in [-0.05, 0) is 12.1 Å². The molecule has 2 fully saturated rings. The normalized spacial score (nSPS) is 23.4. The summed E-state index contributed by atoms with van der Waals surface area (Å²) in [4.78, 5) is 55.2. The lowest BCUT2D eigenvalue weighted by atomic mass is 10.3. The number of carbonyl (C=O) groups is 2. The number of ether oxygens (including phenoxy) is 4. The average molecular weight is 541 g/mol. The first-order valence-corrected chi connectivity index (χ1v) is 12.9. The summed E-state index contributed by atoms with van der Waals surface area (Å²) in [5.41, 5.74) is 9.02. The van der Waals surface area contributed by atoms with Crippen LogP contribution in [0.15, 0.2) is 34.1 Å².